The van der Waals surface area contributed by atoms with Gasteiger partial charge in [-0.2, -0.15) is 0 Å². The minimum Gasteiger partial charge on any atom is -0.466 e. The molecule has 0 aromatic heterocycles. The number of methoxy groups -OCH3 is 1. The molecule has 0 radical (unpaired) electrons. The lowest BCUT2D eigenvalue weighted by Crippen LogP contribution is -2.50. The molecular formula is C17H31NO3. The van der Waals surface area contributed by atoms with E-state index in [1.807, 2.05) is 6.92 Å². The van der Waals surface area contributed by atoms with Gasteiger partial charge < -0.3 is 14.4 Å². The number of hydrogen-bond donors (Lipinski definition) is 0. The zero-order valence-corrected chi connectivity index (χ0v) is 13.7. The van der Waals surface area contributed by atoms with Crippen molar-refractivity contribution < 1.29 is 14.3 Å². The van der Waals surface area contributed by atoms with Crippen LogP contribution in [0.25, 0.3) is 0 Å². The maximum Gasteiger partial charge on any atom is 0.313 e. The van der Waals surface area contributed by atoms with Crippen molar-refractivity contribution in [2.75, 3.05) is 40.0 Å². The van der Waals surface area contributed by atoms with E-state index in [9.17, 15) is 4.79 Å². The fourth-order valence-corrected chi connectivity index (χ4v) is 4.00. The Morgan fingerprint density at radius 3 is 2.71 bits per heavy atom. The first-order chi connectivity index (χ1) is 10.2. The van der Waals surface area contributed by atoms with Crippen molar-refractivity contribution in [3.63, 3.8) is 0 Å². The number of ether oxygens (including phenoxy) is 2. The number of piperidine rings is 1. The molecule has 1 atom stereocenters. The van der Waals surface area contributed by atoms with Gasteiger partial charge in [-0.05, 0) is 51.5 Å². The summed E-state index contributed by atoms with van der Waals surface area (Å²) >= 11 is 0. The molecule has 0 amide bonds. The molecule has 1 heterocycles. The molecule has 2 aliphatic rings. The fraction of sp³-hybridized carbons (Fsp3) is 0.941. The summed E-state index contributed by atoms with van der Waals surface area (Å²) in [5, 5.41) is 0. The third-order valence-electron chi connectivity index (χ3n) is 5.14. The Labute approximate surface area is 129 Å². The largest absolute Gasteiger partial charge is 0.466 e. The summed E-state index contributed by atoms with van der Waals surface area (Å²) in [5.41, 5.74) is -0.344. The quantitative estimate of drug-likeness (QED) is 0.677. The molecular weight excluding hydrogens is 266 g/mol. The summed E-state index contributed by atoms with van der Waals surface area (Å²) in [4.78, 5) is 15.0. The van der Waals surface area contributed by atoms with Crippen LogP contribution in [-0.4, -0.2) is 50.8 Å². The van der Waals surface area contributed by atoms with Crippen LogP contribution in [0.4, 0.5) is 0 Å². The van der Waals surface area contributed by atoms with Crippen molar-refractivity contribution in [1.82, 2.24) is 4.90 Å². The molecule has 21 heavy (non-hydrogen) atoms. The second-order valence-electron chi connectivity index (χ2n) is 6.73. The van der Waals surface area contributed by atoms with Gasteiger partial charge in [0.25, 0.3) is 0 Å². The zero-order chi connectivity index (χ0) is 15.1. The number of hydrogen-bond acceptors (Lipinski definition) is 4. The summed E-state index contributed by atoms with van der Waals surface area (Å²) in [7, 11) is 1.71. The molecule has 0 bridgehead atoms. The van der Waals surface area contributed by atoms with Crippen molar-refractivity contribution in [3.8, 4) is 0 Å². The second-order valence-corrected chi connectivity index (χ2v) is 6.73. The number of nitrogens with zero attached hydrogens (tertiary/aromatic N) is 1. The first kappa shape index (κ1) is 16.8. The highest BCUT2D eigenvalue weighted by molar-refractivity contribution is 5.77. The Morgan fingerprint density at radius 1 is 1.29 bits per heavy atom. The molecule has 122 valence electrons. The van der Waals surface area contributed by atoms with Crippen LogP contribution in [0, 0.1) is 11.3 Å². The van der Waals surface area contributed by atoms with Crippen molar-refractivity contribution in [1.29, 1.82) is 0 Å². The van der Waals surface area contributed by atoms with E-state index in [0.29, 0.717) is 13.2 Å². The van der Waals surface area contributed by atoms with E-state index in [-0.39, 0.29) is 11.4 Å². The highest BCUT2D eigenvalue weighted by Gasteiger charge is 2.43. The van der Waals surface area contributed by atoms with Crippen LogP contribution in [0.5, 0.6) is 0 Å². The van der Waals surface area contributed by atoms with E-state index >= 15 is 0 Å². The van der Waals surface area contributed by atoms with Gasteiger partial charge in [0.1, 0.15) is 0 Å². The number of esters is 1. The Morgan fingerprint density at radius 2 is 2.05 bits per heavy atom. The third kappa shape index (κ3) is 4.43. The Hall–Kier alpha value is -0.610. The third-order valence-corrected chi connectivity index (χ3v) is 5.14. The van der Waals surface area contributed by atoms with Crippen LogP contribution in [0.2, 0.25) is 0 Å². The molecule has 4 heteroatoms. The molecule has 0 spiro atoms. The lowest BCUT2D eigenvalue weighted by atomic mass is 9.77. The summed E-state index contributed by atoms with van der Waals surface area (Å²) in [5.74, 6) is 0.823. The van der Waals surface area contributed by atoms with Gasteiger partial charge in [0, 0.05) is 26.8 Å². The average molecular weight is 297 g/mol. The minimum atomic E-state index is -0.344. The van der Waals surface area contributed by atoms with Crippen LogP contribution in [-0.2, 0) is 14.3 Å². The molecule has 1 aliphatic heterocycles. The lowest BCUT2D eigenvalue weighted by Gasteiger charge is -2.41. The molecule has 0 aromatic rings. The van der Waals surface area contributed by atoms with Gasteiger partial charge in [-0.15, -0.1) is 0 Å². The van der Waals surface area contributed by atoms with E-state index in [2.05, 4.69) is 4.90 Å². The molecule has 4 nitrogen and oxygen atoms in total. The highest BCUT2D eigenvalue weighted by atomic mass is 16.5. The number of likely N-dealkylation sites (tertiary alicyclic amines) is 1. The first-order valence-corrected chi connectivity index (χ1v) is 8.59. The number of carbonyl (C=O) groups is 1. The zero-order valence-electron chi connectivity index (χ0n) is 13.7. The minimum absolute atomic E-state index is 0.0156. The summed E-state index contributed by atoms with van der Waals surface area (Å²) in [6, 6.07) is 0. The average Bonchev–Trinajstić information content (AvgIpc) is 2.98. The molecule has 2 rings (SSSR count). The standard InChI is InChI=1S/C17H31NO3/c1-3-21-16(19)17(10-12-20-2)9-6-11-18(14-17)13-15-7-4-5-8-15/h15H,3-14H2,1-2H3/t17-/m1/s1. The van der Waals surface area contributed by atoms with E-state index in [1.165, 1.54) is 25.7 Å². The van der Waals surface area contributed by atoms with Crippen LogP contribution in [0.1, 0.15) is 51.9 Å². The molecule has 0 aromatic carbocycles. The van der Waals surface area contributed by atoms with Crippen LogP contribution >= 0.6 is 0 Å². The highest BCUT2D eigenvalue weighted by Crippen LogP contribution is 2.36. The maximum absolute atomic E-state index is 12.5. The molecule has 0 unspecified atom stereocenters. The van der Waals surface area contributed by atoms with Gasteiger partial charge in [-0.25, -0.2) is 0 Å². The van der Waals surface area contributed by atoms with E-state index in [4.69, 9.17) is 9.47 Å². The molecule has 1 aliphatic carbocycles. The first-order valence-electron chi connectivity index (χ1n) is 8.59. The Bertz CT molecular complexity index is 328. The van der Waals surface area contributed by atoms with Crippen molar-refractivity contribution in [2.24, 2.45) is 11.3 Å². The summed E-state index contributed by atoms with van der Waals surface area (Å²) in [6.07, 6.45) is 8.30. The molecule has 2 fully saturated rings. The van der Waals surface area contributed by atoms with Crippen LogP contribution in [0.3, 0.4) is 0 Å². The van der Waals surface area contributed by atoms with E-state index < -0.39 is 0 Å². The Balaban J connectivity index is 1.98. The number of rotatable bonds is 7. The van der Waals surface area contributed by atoms with Gasteiger partial charge in [-0.1, -0.05) is 12.8 Å². The van der Waals surface area contributed by atoms with Gasteiger partial charge >= 0.3 is 5.97 Å². The van der Waals surface area contributed by atoms with Gasteiger partial charge in [-0.3, -0.25) is 4.79 Å². The molecule has 1 saturated carbocycles. The monoisotopic (exact) mass is 297 g/mol. The van der Waals surface area contributed by atoms with Gasteiger partial charge in [0.05, 0.1) is 12.0 Å². The van der Waals surface area contributed by atoms with Crippen molar-refractivity contribution in [2.45, 2.75) is 51.9 Å². The smallest absolute Gasteiger partial charge is 0.313 e. The second kappa shape index (κ2) is 8.14. The SMILES string of the molecule is CCOC(=O)[C@@]1(CCOC)CCCN(CC2CCCC2)C1. The van der Waals surface area contributed by atoms with Crippen molar-refractivity contribution in [3.05, 3.63) is 0 Å². The predicted octanol–water partition coefficient (Wildman–Crippen LogP) is 2.86. The molecule has 1 saturated heterocycles. The summed E-state index contributed by atoms with van der Waals surface area (Å²) < 4.78 is 10.6. The van der Waals surface area contributed by atoms with Crippen LogP contribution < -0.4 is 0 Å². The van der Waals surface area contributed by atoms with Gasteiger partial charge in [0.15, 0.2) is 0 Å². The maximum atomic E-state index is 12.5. The van der Waals surface area contributed by atoms with Crippen LogP contribution in [0.15, 0.2) is 0 Å². The fourth-order valence-electron chi connectivity index (χ4n) is 4.00. The predicted molar refractivity (Wildman–Crippen MR) is 83.2 cm³/mol. The number of carbonyl (C=O) groups excluding carboxylic acids is 1. The van der Waals surface area contributed by atoms with E-state index in [0.717, 1.165) is 44.8 Å². The Kier molecular flexibility index (Phi) is 6.49. The van der Waals surface area contributed by atoms with Crippen molar-refractivity contribution >= 4 is 5.97 Å². The van der Waals surface area contributed by atoms with Gasteiger partial charge in [0.2, 0.25) is 0 Å². The molecule has 0 N–H and O–H groups in total. The lowest BCUT2D eigenvalue weighted by molar-refractivity contribution is -0.160. The summed E-state index contributed by atoms with van der Waals surface area (Å²) in [6.45, 7) is 6.14. The van der Waals surface area contributed by atoms with E-state index in [1.54, 1.807) is 7.11 Å². The topological polar surface area (TPSA) is 38.8 Å². The normalized spacial score (nSPS) is 27.9.